The van der Waals surface area contributed by atoms with Gasteiger partial charge in [-0.15, -0.1) is 0 Å². The van der Waals surface area contributed by atoms with E-state index < -0.39 is 12.0 Å². The molecule has 1 unspecified atom stereocenters. The van der Waals surface area contributed by atoms with Crippen molar-refractivity contribution in [1.82, 2.24) is 9.36 Å². The molecule has 3 rings (SSSR count). The molecule has 0 aliphatic rings. The third-order valence-electron chi connectivity index (χ3n) is 4.75. The Morgan fingerprint density at radius 3 is 2.24 bits per heavy atom. The van der Waals surface area contributed by atoms with E-state index in [9.17, 15) is 14.4 Å². The van der Waals surface area contributed by atoms with Crippen LogP contribution in [0, 0.1) is 6.92 Å². The van der Waals surface area contributed by atoms with E-state index in [1.165, 1.54) is 11.6 Å². The number of amides is 1. The summed E-state index contributed by atoms with van der Waals surface area (Å²) >= 11 is 0. The predicted octanol–water partition coefficient (Wildman–Crippen LogP) is 3.09. The zero-order valence-corrected chi connectivity index (χ0v) is 16.8. The monoisotopic (exact) mass is 393 g/mol. The summed E-state index contributed by atoms with van der Waals surface area (Å²) in [4.78, 5) is 36.8. The Morgan fingerprint density at radius 1 is 1.03 bits per heavy atom. The van der Waals surface area contributed by atoms with Crippen molar-refractivity contribution in [3.05, 3.63) is 76.2 Å². The summed E-state index contributed by atoms with van der Waals surface area (Å²) in [5.74, 6) is -0.0209. The molecule has 7 heteroatoms. The van der Waals surface area contributed by atoms with Crippen molar-refractivity contribution < 1.29 is 14.3 Å². The van der Waals surface area contributed by atoms with Gasteiger partial charge in [0, 0.05) is 12.6 Å². The van der Waals surface area contributed by atoms with Crippen LogP contribution in [-0.2, 0) is 11.8 Å². The second-order valence-corrected chi connectivity index (χ2v) is 6.77. The fraction of sp³-hybridized carbons (Fsp3) is 0.227. The lowest BCUT2D eigenvalue weighted by atomic mass is 10.1. The predicted molar refractivity (Wildman–Crippen MR) is 111 cm³/mol. The smallest absolute Gasteiger partial charge is 0.295 e. The number of para-hydroxylation sites is 1. The fourth-order valence-electron chi connectivity index (χ4n) is 2.96. The number of carbonyl (C=O) groups is 2. The first-order valence-corrected chi connectivity index (χ1v) is 9.22. The number of rotatable bonds is 6. The minimum atomic E-state index is -0.831. The first-order valence-electron chi connectivity index (χ1n) is 9.22. The van der Waals surface area contributed by atoms with Gasteiger partial charge in [0.05, 0.1) is 11.4 Å². The summed E-state index contributed by atoms with van der Waals surface area (Å²) in [7, 11) is 1.76. The van der Waals surface area contributed by atoms with Gasteiger partial charge in [-0.25, -0.2) is 4.68 Å². The van der Waals surface area contributed by atoms with Crippen molar-refractivity contribution >= 4 is 17.4 Å². The van der Waals surface area contributed by atoms with Crippen LogP contribution in [-0.4, -0.2) is 27.2 Å². The number of nitrogens with one attached hydrogen (secondary N) is 1. The maximum atomic E-state index is 12.9. The molecule has 0 aliphatic heterocycles. The Hall–Kier alpha value is -3.61. The van der Waals surface area contributed by atoms with Crippen molar-refractivity contribution in [2.45, 2.75) is 26.9 Å². The Morgan fingerprint density at radius 2 is 1.66 bits per heavy atom. The van der Waals surface area contributed by atoms with Crippen LogP contribution in [0.5, 0.6) is 5.75 Å². The zero-order chi connectivity index (χ0) is 21.1. The van der Waals surface area contributed by atoms with Crippen molar-refractivity contribution in [3.63, 3.8) is 0 Å². The Labute approximate surface area is 168 Å². The molecule has 0 aliphatic carbocycles. The van der Waals surface area contributed by atoms with Gasteiger partial charge in [-0.05, 0) is 57.2 Å². The zero-order valence-electron chi connectivity index (χ0n) is 16.8. The van der Waals surface area contributed by atoms with E-state index in [1.807, 2.05) is 30.3 Å². The molecule has 1 heterocycles. The molecule has 1 aromatic heterocycles. The topological polar surface area (TPSA) is 82.3 Å². The maximum Gasteiger partial charge on any atom is 0.295 e. The minimum Gasteiger partial charge on any atom is -0.481 e. The van der Waals surface area contributed by atoms with E-state index in [0.29, 0.717) is 22.7 Å². The van der Waals surface area contributed by atoms with Crippen LogP contribution in [0.4, 0.5) is 5.69 Å². The molecule has 1 amide bonds. The molecule has 150 valence electrons. The van der Waals surface area contributed by atoms with E-state index in [-0.39, 0.29) is 17.0 Å². The molecule has 7 nitrogen and oxygen atoms in total. The van der Waals surface area contributed by atoms with Gasteiger partial charge in [-0.2, -0.15) is 0 Å². The SMILES string of the molecule is CC(=O)c1ccc(OC(C)C(=O)Nc2c(C)n(C)n(-c3ccccc3)c2=O)cc1. The molecular weight excluding hydrogens is 370 g/mol. The molecule has 0 spiro atoms. The molecule has 0 fully saturated rings. The van der Waals surface area contributed by atoms with Gasteiger partial charge < -0.3 is 10.1 Å². The van der Waals surface area contributed by atoms with E-state index in [0.717, 1.165) is 0 Å². The third-order valence-corrected chi connectivity index (χ3v) is 4.75. The van der Waals surface area contributed by atoms with Gasteiger partial charge in [-0.3, -0.25) is 19.1 Å². The van der Waals surface area contributed by atoms with Gasteiger partial charge in [0.15, 0.2) is 11.9 Å². The lowest BCUT2D eigenvalue weighted by molar-refractivity contribution is -0.122. The lowest BCUT2D eigenvalue weighted by Crippen LogP contribution is -2.32. The normalized spacial score (nSPS) is 11.7. The van der Waals surface area contributed by atoms with Crippen LogP contribution in [0.3, 0.4) is 0 Å². The van der Waals surface area contributed by atoms with Gasteiger partial charge >= 0.3 is 0 Å². The first kappa shape index (κ1) is 20.1. The molecule has 0 bridgehead atoms. The van der Waals surface area contributed by atoms with Crippen molar-refractivity contribution in [2.75, 3.05) is 5.32 Å². The molecular formula is C22H23N3O4. The second-order valence-electron chi connectivity index (χ2n) is 6.77. The van der Waals surface area contributed by atoms with Crippen LogP contribution in [0.25, 0.3) is 5.69 Å². The van der Waals surface area contributed by atoms with Crippen molar-refractivity contribution in [3.8, 4) is 11.4 Å². The van der Waals surface area contributed by atoms with E-state index in [4.69, 9.17) is 4.74 Å². The Balaban J connectivity index is 1.78. The highest BCUT2D eigenvalue weighted by Crippen LogP contribution is 2.17. The molecule has 2 aromatic carbocycles. The van der Waals surface area contributed by atoms with Crippen molar-refractivity contribution in [1.29, 1.82) is 0 Å². The number of aromatic nitrogens is 2. The molecule has 3 aromatic rings. The highest BCUT2D eigenvalue weighted by atomic mass is 16.5. The number of hydrogen-bond acceptors (Lipinski definition) is 4. The number of nitrogens with zero attached hydrogens (tertiary/aromatic N) is 2. The molecule has 0 saturated heterocycles. The van der Waals surface area contributed by atoms with Gasteiger partial charge in [0.2, 0.25) is 0 Å². The number of anilines is 1. The fourth-order valence-corrected chi connectivity index (χ4v) is 2.96. The summed E-state index contributed by atoms with van der Waals surface area (Å²) in [5, 5.41) is 2.69. The molecule has 1 N–H and O–H groups in total. The number of hydrogen-bond donors (Lipinski definition) is 1. The molecule has 1 atom stereocenters. The first-order chi connectivity index (χ1) is 13.8. The van der Waals surface area contributed by atoms with E-state index >= 15 is 0 Å². The molecule has 0 radical (unpaired) electrons. The Bertz CT molecular complexity index is 1100. The summed E-state index contributed by atoms with van der Waals surface area (Å²) in [5.41, 5.74) is 1.80. The number of benzene rings is 2. The van der Waals surface area contributed by atoms with Crippen molar-refractivity contribution in [2.24, 2.45) is 7.05 Å². The maximum absolute atomic E-state index is 12.9. The van der Waals surface area contributed by atoms with Gasteiger partial charge in [0.25, 0.3) is 11.5 Å². The second kappa shape index (κ2) is 8.18. The number of Topliss-reactive ketones (excluding diaryl/α,β-unsaturated/α-hetero) is 1. The summed E-state index contributed by atoms with van der Waals surface area (Å²) < 4.78 is 8.84. The number of ketones is 1. The van der Waals surface area contributed by atoms with E-state index in [2.05, 4.69) is 5.32 Å². The average Bonchev–Trinajstić information content (AvgIpc) is 2.92. The quantitative estimate of drug-likeness (QED) is 0.653. The largest absolute Gasteiger partial charge is 0.481 e. The molecule has 0 saturated carbocycles. The molecule has 29 heavy (non-hydrogen) atoms. The minimum absolute atomic E-state index is 0.0448. The summed E-state index contributed by atoms with van der Waals surface area (Å²) in [6.07, 6.45) is -0.831. The highest BCUT2D eigenvalue weighted by Gasteiger charge is 2.22. The summed E-state index contributed by atoms with van der Waals surface area (Å²) in [6, 6.07) is 15.8. The number of ether oxygens (including phenoxy) is 1. The van der Waals surface area contributed by atoms with Crippen LogP contribution >= 0.6 is 0 Å². The van der Waals surface area contributed by atoms with Gasteiger partial charge in [-0.1, -0.05) is 18.2 Å². The highest BCUT2D eigenvalue weighted by molar-refractivity contribution is 5.95. The third kappa shape index (κ3) is 4.13. The van der Waals surface area contributed by atoms with Crippen LogP contribution in [0.1, 0.15) is 29.9 Å². The van der Waals surface area contributed by atoms with Crippen LogP contribution < -0.4 is 15.6 Å². The van der Waals surface area contributed by atoms with Gasteiger partial charge in [0.1, 0.15) is 11.4 Å². The Kier molecular flexibility index (Phi) is 5.68. The standard InChI is InChI=1S/C22H23N3O4/c1-14-20(22(28)25(24(14)4)18-8-6-5-7-9-18)23-21(27)16(3)29-19-12-10-17(11-13-19)15(2)26/h5-13,16H,1-4H3,(H,23,27). The lowest BCUT2D eigenvalue weighted by Gasteiger charge is -2.14. The summed E-state index contributed by atoms with van der Waals surface area (Å²) in [6.45, 7) is 4.85. The van der Waals surface area contributed by atoms with Crippen LogP contribution in [0.15, 0.2) is 59.4 Å². The average molecular weight is 393 g/mol. The van der Waals surface area contributed by atoms with E-state index in [1.54, 1.807) is 49.8 Å². The van der Waals surface area contributed by atoms with Crippen LogP contribution in [0.2, 0.25) is 0 Å². The number of carbonyl (C=O) groups excluding carboxylic acids is 2.